The van der Waals surface area contributed by atoms with Gasteiger partial charge in [-0.25, -0.2) is 0 Å². The van der Waals surface area contributed by atoms with Gasteiger partial charge < -0.3 is 0 Å². The third kappa shape index (κ3) is 3.75. The van der Waals surface area contributed by atoms with Gasteiger partial charge in [0.2, 0.25) is 0 Å². The second-order valence-electron chi connectivity index (χ2n) is 4.51. The van der Waals surface area contributed by atoms with Crippen molar-refractivity contribution < 1.29 is 4.79 Å². The second kappa shape index (κ2) is 7.33. The van der Waals surface area contributed by atoms with Crippen LogP contribution in [0.15, 0.2) is 12.1 Å². The van der Waals surface area contributed by atoms with Gasteiger partial charge in [0.1, 0.15) is 0 Å². The summed E-state index contributed by atoms with van der Waals surface area (Å²) in [6.07, 6.45) is 4.84. The fourth-order valence-corrected chi connectivity index (χ4v) is 4.37. The van der Waals surface area contributed by atoms with E-state index in [0.717, 1.165) is 5.56 Å². The number of aryl methyl sites for hydroxylation is 1. The van der Waals surface area contributed by atoms with Crippen LogP contribution in [0.5, 0.6) is 0 Å². The largest absolute Gasteiger partial charge is 0.289 e. The number of benzene rings is 1. The maximum absolute atomic E-state index is 12.2. The number of hydrogen-bond acceptors (Lipinski definition) is 1. The summed E-state index contributed by atoms with van der Waals surface area (Å²) in [6, 6.07) is 3.61. The third-order valence-electron chi connectivity index (χ3n) is 3.20. The maximum Gasteiger partial charge on any atom is 0.184 e. The van der Waals surface area contributed by atoms with Gasteiger partial charge in [0.15, 0.2) is 5.52 Å². The van der Waals surface area contributed by atoms with Gasteiger partial charge in [-0.3, -0.25) is 4.79 Å². The summed E-state index contributed by atoms with van der Waals surface area (Å²) in [4.78, 5) is 12.2. The predicted octanol–water partition coefficient (Wildman–Crippen LogP) is 4.68. The third-order valence-corrected chi connectivity index (χ3v) is 5.50. The quantitative estimate of drug-likeness (QED) is 0.584. The zero-order valence-electron chi connectivity index (χ0n) is 10.7. The van der Waals surface area contributed by atoms with Gasteiger partial charge in [0, 0.05) is 18.9 Å². The molecular weight excluding hydrogens is 281 g/mol. The molecule has 2 rings (SSSR count). The van der Waals surface area contributed by atoms with Crippen LogP contribution in [0.25, 0.3) is 0 Å². The van der Waals surface area contributed by atoms with Crippen LogP contribution in [0.1, 0.15) is 41.6 Å². The minimum absolute atomic E-state index is 0. The molecule has 0 heterocycles. The predicted molar refractivity (Wildman–Crippen MR) is 81.9 cm³/mol. The van der Waals surface area contributed by atoms with Crippen LogP contribution in [0.3, 0.4) is 0 Å². The Morgan fingerprint density at radius 3 is 2.50 bits per heavy atom. The Morgan fingerprint density at radius 1 is 1.28 bits per heavy atom. The van der Waals surface area contributed by atoms with Crippen molar-refractivity contribution in [2.45, 2.75) is 38.3 Å². The van der Waals surface area contributed by atoms with E-state index in [1.807, 2.05) is 13.0 Å². The Bertz CT molecular complexity index is 445. The number of hydrogen-bond donors (Lipinski definition) is 0. The Balaban J connectivity index is 0.00000162. The number of carbonyl (C=O) groups excluding carboxylic acids is 1. The molecule has 93 valence electrons. The number of rotatable bonds is 3. The van der Waals surface area contributed by atoms with Crippen LogP contribution >= 0.6 is 31.8 Å². The van der Waals surface area contributed by atoms with Crippen LogP contribution in [0, 0.1) is 6.92 Å². The van der Waals surface area contributed by atoms with Crippen molar-refractivity contribution in [2.24, 2.45) is 0 Å². The van der Waals surface area contributed by atoms with Crippen molar-refractivity contribution in [2.75, 3.05) is 0 Å². The van der Waals surface area contributed by atoms with Gasteiger partial charge in [-0.05, 0) is 45.6 Å². The Hall–Kier alpha value is 0.497. The summed E-state index contributed by atoms with van der Waals surface area (Å²) in [6.45, 7) is 1.90. The van der Waals surface area contributed by atoms with Crippen molar-refractivity contribution >= 4 is 56.2 Å². The van der Waals surface area contributed by atoms with E-state index in [1.165, 1.54) is 25.7 Å². The molecule has 1 aliphatic rings. The summed E-state index contributed by atoms with van der Waals surface area (Å²) >= 11 is 12.3. The summed E-state index contributed by atoms with van der Waals surface area (Å²) < 4.78 is 0. The summed E-state index contributed by atoms with van der Waals surface area (Å²) in [5.41, 5.74) is 2.11. The monoisotopic (exact) mass is 295 g/mol. The molecule has 0 N–H and O–H groups in total. The van der Waals surface area contributed by atoms with Crippen LogP contribution in [0.4, 0.5) is 0 Å². The molecule has 1 aromatic carbocycles. The van der Waals surface area contributed by atoms with Gasteiger partial charge >= 0.3 is 0 Å². The molecule has 1 aromatic rings. The Kier molecular flexibility index (Phi) is 6.74. The number of halogens is 2. The van der Waals surface area contributed by atoms with Crippen molar-refractivity contribution in [3.8, 4) is 0 Å². The van der Waals surface area contributed by atoms with Crippen LogP contribution < -0.4 is 0 Å². The van der Waals surface area contributed by atoms with Gasteiger partial charge in [-0.1, -0.05) is 42.1 Å². The first kappa shape index (κ1) is 16.6. The molecule has 1 radical (unpaired) electrons. The van der Waals surface area contributed by atoms with Crippen LogP contribution in [0.2, 0.25) is 10.0 Å². The van der Waals surface area contributed by atoms with Crippen LogP contribution in [-0.4, -0.2) is 30.0 Å². The van der Waals surface area contributed by atoms with E-state index >= 15 is 0 Å². The number of carbonyl (C=O) groups is 1. The molecule has 1 atom stereocenters. The summed E-state index contributed by atoms with van der Waals surface area (Å²) in [5.74, 6) is 0. The van der Waals surface area contributed by atoms with Gasteiger partial charge in [-0.2, -0.15) is 0 Å². The Labute approximate surface area is 132 Å². The minimum Gasteiger partial charge on any atom is -0.289 e. The van der Waals surface area contributed by atoms with Crippen molar-refractivity contribution in [3.05, 3.63) is 33.3 Å². The molecule has 0 amide bonds. The van der Waals surface area contributed by atoms with Gasteiger partial charge in [-0.15, -0.1) is 0 Å². The molecule has 1 unspecified atom stereocenters. The van der Waals surface area contributed by atoms with E-state index in [4.69, 9.17) is 23.2 Å². The normalized spacial score (nSPS) is 16.2. The average Bonchev–Trinajstić information content (AvgIpc) is 2.77. The first-order chi connectivity index (χ1) is 8.09. The maximum atomic E-state index is 12.2. The zero-order valence-corrected chi connectivity index (χ0v) is 13.2. The molecule has 1 nitrogen and oxygen atoms in total. The van der Waals surface area contributed by atoms with Crippen molar-refractivity contribution in [3.63, 3.8) is 0 Å². The molecule has 0 saturated heterocycles. The smallest absolute Gasteiger partial charge is 0.184 e. The van der Waals surface area contributed by atoms with E-state index in [0.29, 0.717) is 29.8 Å². The SMILES string of the molecule is Cc1ccc(Cl)c(C(=O)PC2CCCC2)c1Cl.[Li]. The summed E-state index contributed by atoms with van der Waals surface area (Å²) in [5, 5.41) is 1.00. The molecule has 1 fully saturated rings. The molecule has 0 aliphatic heterocycles. The molecular formula is C13H15Cl2LiOP. The average molecular weight is 296 g/mol. The zero-order chi connectivity index (χ0) is 12.4. The minimum atomic E-state index is 0. The first-order valence-corrected chi connectivity index (χ1v) is 7.68. The molecule has 0 aromatic heterocycles. The van der Waals surface area contributed by atoms with Crippen LogP contribution in [-0.2, 0) is 0 Å². The first-order valence-electron chi connectivity index (χ1n) is 5.85. The van der Waals surface area contributed by atoms with Gasteiger partial charge in [0.05, 0.1) is 15.6 Å². The molecule has 1 aliphatic carbocycles. The van der Waals surface area contributed by atoms with Crippen molar-refractivity contribution in [1.82, 2.24) is 0 Å². The molecule has 0 spiro atoms. The molecule has 18 heavy (non-hydrogen) atoms. The standard InChI is InChI=1S/C13H15Cl2OP.Li/c1-8-6-7-10(14)11(12(8)15)13(16)17-9-4-2-3-5-9;/h6-7,9,17H,2-5H2,1H3;. The Morgan fingerprint density at radius 2 is 1.89 bits per heavy atom. The second-order valence-corrected chi connectivity index (χ2v) is 6.85. The van der Waals surface area contributed by atoms with E-state index in [9.17, 15) is 4.79 Å². The topological polar surface area (TPSA) is 17.1 Å². The fourth-order valence-electron chi connectivity index (χ4n) is 2.19. The van der Waals surface area contributed by atoms with Crippen molar-refractivity contribution in [1.29, 1.82) is 0 Å². The molecule has 1 saturated carbocycles. The molecule has 0 bridgehead atoms. The van der Waals surface area contributed by atoms with E-state index in [2.05, 4.69) is 0 Å². The fraction of sp³-hybridized carbons (Fsp3) is 0.462. The van der Waals surface area contributed by atoms with Gasteiger partial charge in [0.25, 0.3) is 0 Å². The van der Waals surface area contributed by atoms with E-state index in [-0.39, 0.29) is 24.4 Å². The van der Waals surface area contributed by atoms with E-state index in [1.54, 1.807) is 6.07 Å². The van der Waals surface area contributed by atoms with E-state index < -0.39 is 0 Å². The summed E-state index contributed by atoms with van der Waals surface area (Å²) in [7, 11) is 0.318. The molecule has 5 heteroatoms.